The highest BCUT2D eigenvalue weighted by Gasteiger charge is 2.47. The quantitative estimate of drug-likeness (QED) is 0.245. The molecule has 4 aromatic carbocycles. The van der Waals surface area contributed by atoms with Gasteiger partial charge in [-0.2, -0.15) is 0 Å². The molecule has 6 aliphatic rings. The molecule has 0 amide bonds. The van der Waals surface area contributed by atoms with Crippen LogP contribution in [0.25, 0.3) is 22.3 Å². The van der Waals surface area contributed by atoms with Crippen LogP contribution in [0, 0.1) is 0 Å². The van der Waals surface area contributed by atoms with E-state index in [1.165, 1.54) is 78.4 Å². The van der Waals surface area contributed by atoms with E-state index in [9.17, 15) is 0 Å². The van der Waals surface area contributed by atoms with Gasteiger partial charge in [0, 0.05) is 28.1 Å². The van der Waals surface area contributed by atoms with E-state index in [4.69, 9.17) is 0 Å². The van der Waals surface area contributed by atoms with Crippen molar-refractivity contribution in [3.8, 4) is 11.1 Å². The Balaban J connectivity index is 1.34. The first-order valence-corrected chi connectivity index (χ1v) is 13.7. The lowest BCUT2D eigenvalue weighted by Gasteiger charge is -2.51. The van der Waals surface area contributed by atoms with E-state index >= 15 is 0 Å². The predicted molar refractivity (Wildman–Crippen MR) is 156 cm³/mol. The minimum Gasteiger partial charge on any atom is -0.329 e. The third-order valence-electron chi connectivity index (χ3n) is 9.53. The summed E-state index contributed by atoms with van der Waals surface area (Å²) in [6, 6.07) is 32.6. The molecule has 4 aliphatic heterocycles. The van der Waals surface area contributed by atoms with Crippen molar-refractivity contribution >= 4 is 33.9 Å². The number of hydrogen-bond acceptors (Lipinski definition) is 2. The Morgan fingerprint density at radius 3 is 1.50 bits per heavy atom. The second-order valence-corrected chi connectivity index (χ2v) is 11.2. The normalized spacial score (nSPS) is 22.0. The van der Waals surface area contributed by atoms with E-state index in [1.807, 2.05) is 0 Å². The van der Waals surface area contributed by atoms with Gasteiger partial charge in [0.05, 0.1) is 23.5 Å². The van der Waals surface area contributed by atoms with Crippen molar-refractivity contribution < 1.29 is 0 Å². The van der Waals surface area contributed by atoms with E-state index < -0.39 is 0 Å². The van der Waals surface area contributed by atoms with Crippen molar-refractivity contribution in [3.63, 3.8) is 0 Å². The van der Waals surface area contributed by atoms with E-state index in [-0.39, 0.29) is 12.1 Å². The van der Waals surface area contributed by atoms with Crippen LogP contribution in [0.5, 0.6) is 0 Å². The zero-order valence-electron chi connectivity index (χ0n) is 20.9. The summed E-state index contributed by atoms with van der Waals surface area (Å²) in [5.41, 5.74) is 19.7. The Labute approximate surface area is 222 Å². The molecule has 2 atom stereocenters. The first-order chi connectivity index (χ1) is 18.9. The van der Waals surface area contributed by atoms with Crippen molar-refractivity contribution in [2.24, 2.45) is 0 Å². The van der Waals surface area contributed by atoms with Crippen LogP contribution in [0.3, 0.4) is 0 Å². The number of nitrogens with zero attached hydrogens (tertiary/aromatic N) is 2. The maximum Gasteiger partial charge on any atom is 0.0823 e. The SMILES string of the molecule is C1=CC2=C(C1)C1c3cccc4c3-c3c(cccc3N3c5ccccc5C5=C(CC=C5)C43)N1c1ccccc12. The molecule has 178 valence electrons. The lowest BCUT2D eigenvalue weighted by Crippen LogP contribution is -2.38. The van der Waals surface area contributed by atoms with Crippen molar-refractivity contribution in [2.75, 3.05) is 9.80 Å². The van der Waals surface area contributed by atoms with Crippen LogP contribution in [0.1, 0.15) is 47.2 Å². The van der Waals surface area contributed by atoms with Gasteiger partial charge in [0.2, 0.25) is 0 Å². The number of hydrogen-bond donors (Lipinski definition) is 0. The molecule has 4 heterocycles. The number of rotatable bonds is 0. The smallest absolute Gasteiger partial charge is 0.0823 e. The third-order valence-corrected chi connectivity index (χ3v) is 9.53. The molecule has 0 spiro atoms. The largest absolute Gasteiger partial charge is 0.329 e. The maximum atomic E-state index is 2.64. The summed E-state index contributed by atoms with van der Waals surface area (Å²) in [6.45, 7) is 0. The molecule has 0 saturated heterocycles. The van der Waals surface area contributed by atoms with E-state index in [2.05, 4.69) is 119 Å². The van der Waals surface area contributed by atoms with Gasteiger partial charge in [0.15, 0.2) is 0 Å². The van der Waals surface area contributed by atoms with Gasteiger partial charge in [0.1, 0.15) is 0 Å². The molecule has 4 aromatic rings. The predicted octanol–water partition coefficient (Wildman–Crippen LogP) is 9.19. The Morgan fingerprint density at radius 2 is 0.947 bits per heavy atom. The fourth-order valence-corrected chi connectivity index (χ4v) is 8.21. The van der Waals surface area contributed by atoms with E-state index in [0.29, 0.717) is 0 Å². The molecule has 2 unspecified atom stereocenters. The van der Waals surface area contributed by atoms with Crippen molar-refractivity contribution in [2.45, 2.75) is 24.9 Å². The molecule has 0 N–H and O–H groups in total. The van der Waals surface area contributed by atoms with Crippen LogP contribution >= 0.6 is 0 Å². The Morgan fingerprint density at radius 1 is 0.474 bits per heavy atom. The van der Waals surface area contributed by atoms with Crippen molar-refractivity contribution in [1.82, 2.24) is 0 Å². The number of benzene rings is 4. The summed E-state index contributed by atoms with van der Waals surface area (Å²) < 4.78 is 0. The first-order valence-electron chi connectivity index (χ1n) is 13.7. The Kier molecular flexibility index (Phi) is 3.42. The first kappa shape index (κ1) is 19.5. The lowest BCUT2D eigenvalue weighted by molar-refractivity contribution is 0.734. The lowest BCUT2D eigenvalue weighted by atomic mass is 9.72. The fourth-order valence-electron chi connectivity index (χ4n) is 8.21. The molecule has 2 nitrogen and oxygen atoms in total. The molecule has 0 bridgehead atoms. The topological polar surface area (TPSA) is 6.48 Å². The van der Waals surface area contributed by atoms with Crippen LogP contribution < -0.4 is 9.80 Å². The van der Waals surface area contributed by atoms with Crippen LogP contribution in [0.2, 0.25) is 0 Å². The summed E-state index contributed by atoms with van der Waals surface area (Å²) in [5, 5.41) is 0. The summed E-state index contributed by atoms with van der Waals surface area (Å²) in [6.07, 6.45) is 11.5. The fraction of sp³-hybridized carbons (Fsp3) is 0.111. The van der Waals surface area contributed by atoms with Gasteiger partial charge in [-0.05, 0) is 76.1 Å². The van der Waals surface area contributed by atoms with Gasteiger partial charge in [-0.3, -0.25) is 0 Å². The molecular formula is C36H24N2. The average molecular weight is 485 g/mol. The molecule has 0 aromatic heterocycles. The highest BCUT2D eigenvalue weighted by atomic mass is 15.2. The molecule has 2 heteroatoms. The standard InChI is InChI=1S/C36H24N2/c1-3-17-29-23(9-1)21-11-5-13-25(21)35-27-15-7-16-28-33(27)34-31(37(29)35)19-8-20-32(34)38-30-18-4-2-10-24(30)22-12-6-14-26(22)36(28)38/h1-12,15-20,35-36H,13-14H2. The van der Waals surface area contributed by atoms with Gasteiger partial charge in [-0.25, -0.2) is 0 Å². The minimum atomic E-state index is 0.227. The monoisotopic (exact) mass is 484 g/mol. The van der Waals surface area contributed by atoms with Crippen molar-refractivity contribution in [3.05, 3.63) is 143 Å². The van der Waals surface area contributed by atoms with Crippen LogP contribution in [0.15, 0.2) is 120 Å². The number of fused-ring (bicyclic) bond motifs is 14. The van der Waals surface area contributed by atoms with Gasteiger partial charge in [-0.15, -0.1) is 0 Å². The molecule has 10 rings (SSSR count). The summed E-state index contributed by atoms with van der Waals surface area (Å²) >= 11 is 0. The number of anilines is 4. The Bertz CT molecular complexity index is 1770. The molecule has 38 heavy (non-hydrogen) atoms. The summed E-state index contributed by atoms with van der Waals surface area (Å²) in [4.78, 5) is 5.29. The maximum absolute atomic E-state index is 2.64. The molecule has 0 fully saturated rings. The van der Waals surface area contributed by atoms with Crippen LogP contribution in [-0.4, -0.2) is 0 Å². The zero-order valence-corrected chi connectivity index (χ0v) is 20.9. The number of allylic oxidation sites excluding steroid dienone is 6. The van der Waals surface area contributed by atoms with Gasteiger partial charge in [-0.1, -0.05) is 85.0 Å². The molecule has 0 saturated carbocycles. The van der Waals surface area contributed by atoms with Gasteiger partial charge >= 0.3 is 0 Å². The highest BCUT2D eigenvalue weighted by Crippen LogP contribution is 2.65. The minimum absolute atomic E-state index is 0.227. The zero-order chi connectivity index (χ0) is 24.5. The van der Waals surface area contributed by atoms with Gasteiger partial charge < -0.3 is 9.80 Å². The third kappa shape index (κ3) is 2.11. The summed E-state index contributed by atoms with van der Waals surface area (Å²) in [5.74, 6) is 0. The van der Waals surface area contributed by atoms with Crippen LogP contribution in [0.4, 0.5) is 22.7 Å². The average Bonchev–Trinajstić information content (AvgIpc) is 3.67. The van der Waals surface area contributed by atoms with Crippen LogP contribution in [-0.2, 0) is 0 Å². The second kappa shape index (κ2) is 6.65. The molecule has 0 radical (unpaired) electrons. The molecule has 2 aliphatic carbocycles. The molecular weight excluding hydrogens is 460 g/mol. The van der Waals surface area contributed by atoms with Gasteiger partial charge in [0.25, 0.3) is 0 Å². The Hall–Kier alpha value is -4.56. The highest BCUT2D eigenvalue weighted by molar-refractivity contribution is 6.07. The summed E-state index contributed by atoms with van der Waals surface area (Å²) in [7, 11) is 0. The van der Waals surface area contributed by atoms with E-state index in [1.54, 1.807) is 0 Å². The van der Waals surface area contributed by atoms with E-state index in [0.717, 1.165) is 12.8 Å². The number of para-hydroxylation sites is 2. The van der Waals surface area contributed by atoms with Crippen molar-refractivity contribution in [1.29, 1.82) is 0 Å². The second-order valence-electron chi connectivity index (χ2n) is 11.2.